The fourth-order valence-electron chi connectivity index (χ4n) is 2.30. The number of ether oxygens (including phenoxy) is 1. The number of likely N-dealkylation sites (tertiary alicyclic amines) is 1. The molecule has 1 aromatic rings. The van der Waals surface area contributed by atoms with Crippen LogP contribution >= 0.6 is 0 Å². The molecule has 132 valence electrons. The lowest BCUT2D eigenvalue weighted by atomic mass is 10.1. The van der Waals surface area contributed by atoms with Crippen LogP contribution in [0.2, 0.25) is 0 Å². The number of aliphatic carboxylic acids is 1. The third kappa shape index (κ3) is 4.42. The maximum absolute atomic E-state index is 13.9. The zero-order valence-corrected chi connectivity index (χ0v) is 13.7. The lowest BCUT2D eigenvalue weighted by Gasteiger charge is -2.29. The summed E-state index contributed by atoms with van der Waals surface area (Å²) in [5.41, 5.74) is 0. The summed E-state index contributed by atoms with van der Waals surface area (Å²) in [5, 5.41) is 8.49. The van der Waals surface area contributed by atoms with Crippen molar-refractivity contribution in [1.29, 1.82) is 0 Å². The zero-order valence-electron chi connectivity index (χ0n) is 12.9. The highest BCUT2D eigenvalue weighted by atomic mass is 32.2. The van der Waals surface area contributed by atoms with Crippen molar-refractivity contribution >= 4 is 21.9 Å². The van der Waals surface area contributed by atoms with E-state index in [0.29, 0.717) is 6.42 Å². The van der Waals surface area contributed by atoms with Crippen molar-refractivity contribution in [3.05, 3.63) is 24.0 Å². The molecule has 0 spiro atoms. The lowest BCUT2D eigenvalue weighted by molar-refractivity contribution is -0.139. The number of sulfonamides is 1. The topological polar surface area (TPSA) is 113 Å². The third-order valence-electron chi connectivity index (χ3n) is 3.51. The summed E-state index contributed by atoms with van der Waals surface area (Å²) >= 11 is 0. The molecule has 1 aliphatic rings. The van der Waals surface area contributed by atoms with Gasteiger partial charge in [0.1, 0.15) is 0 Å². The molecule has 0 aliphatic carbocycles. The molecule has 2 rings (SSSR count). The Bertz CT molecular complexity index is 752. The Labute approximate surface area is 138 Å². The molecule has 1 amide bonds. The fourth-order valence-corrected chi connectivity index (χ4v) is 3.57. The Kier molecular flexibility index (Phi) is 5.40. The Morgan fingerprint density at radius 1 is 1.50 bits per heavy atom. The van der Waals surface area contributed by atoms with E-state index in [2.05, 4.69) is 4.72 Å². The maximum atomic E-state index is 13.9. The van der Waals surface area contributed by atoms with Gasteiger partial charge in [0.2, 0.25) is 15.9 Å². The number of carboxylic acids is 1. The monoisotopic (exact) mass is 360 g/mol. The Morgan fingerprint density at radius 3 is 2.79 bits per heavy atom. The quantitative estimate of drug-likeness (QED) is 0.749. The van der Waals surface area contributed by atoms with Crippen LogP contribution in [0.4, 0.5) is 4.39 Å². The van der Waals surface area contributed by atoms with Crippen molar-refractivity contribution in [2.45, 2.75) is 23.8 Å². The Balaban J connectivity index is 2.10. The summed E-state index contributed by atoms with van der Waals surface area (Å²) in [6.45, 7) is -0.496. The van der Waals surface area contributed by atoms with Crippen LogP contribution in [0.3, 0.4) is 0 Å². The van der Waals surface area contributed by atoms with Crippen molar-refractivity contribution in [2.75, 3.05) is 20.2 Å². The molecule has 0 bridgehead atoms. The molecule has 1 fully saturated rings. The van der Waals surface area contributed by atoms with E-state index in [4.69, 9.17) is 9.84 Å². The summed E-state index contributed by atoms with van der Waals surface area (Å²) in [6, 6.07) is 2.49. The van der Waals surface area contributed by atoms with Crippen LogP contribution in [0, 0.1) is 5.82 Å². The van der Waals surface area contributed by atoms with E-state index in [1.807, 2.05) is 0 Å². The maximum Gasteiger partial charge on any atom is 0.341 e. The zero-order chi connectivity index (χ0) is 17.9. The van der Waals surface area contributed by atoms with Gasteiger partial charge in [-0.25, -0.2) is 22.3 Å². The number of nitrogens with one attached hydrogen (secondary N) is 1. The highest BCUT2D eigenvalue weighted by Gasteiger charge is 2.27. The predicted octanol–water partition coefficient (Wildman–Crippen LogP) is 0.188. The van der Waals surface area contributed by atoms with Gasteiger partial charge in [-0.1, -0.05) is 0 Å². The SMILES string of the molecule is CN1CC(NS(=O)(=O)c2ccc(OCC(=O)O)c(F)c2)CCC1=O. The van der Waals surface area contributed by atoms with Crippen LogP contribution in [-0.2, 0) is 19.6 Å². The lowest BCUT2D eigenvalue weighted by Crippen LogP contribution is -2.48. The van der Waals surface area contributed by atoms with E-state index >= 15 is 0 Å². The summed E-state index contributed by atoms with van der Waals surface area (Å²) in [4.78, 5) is 22.9. The van der Waals surface area contributed by atoms with Gasteiger partial charge in [-0.2, -0.15) is 0 Å². The number of nitrogens with zero attached hydrogens (tertiary/aromatic N) is 1. The van der Waals surface area contributed by atoms with Crippen LogP contribution in [0.15, 0.2) is 23.1 Å². The van der Waals surface area contributed by atoms with Crippen LogP contribution in [-0.4, -0.2) is 56.5 Å². The molecule has 1 aliphatic heterocycles. The van der Waals surface area contributed by atoms with Crippen molar-refractivity contribution in [3.8, 4) is 5.75 Å². The summed E-state index contributed by atoms with van der Waals surface area (Å²) in [7, 11) is -2.39. The molecule has 1 saturated heterocycles. The Morgan fingerprint density at radius 2 is 2.21 bits per heavy atom. The van der Waals surface area contributed by atoms with Gasteiger partial charge in [0.25, 0.3) is 0 Å². The standard InChI is InChI=1S/C14H17FN2O6S/c1-17-7-9(2-5-13(17)18)16-24(21,22)10-3-4-12(11(15)6-10)23-8-14(19)20/h3-4,6,9,16H,2,5,7-8H2,1H3,(H,19,20). The molecular formula is C14H17FN2O6S. The molecule has 24 heavy (non-hydrogen) atoms. The van der Waals surface area contributed by atoms with E-state index in [-0.39, 0.29) is 29.5 Å². The number of halogens is 1. The number of carbonyl (C=O) groups excluding carboxylic acids is 1. The second-order valence-electron chi connectivity index (χ2n) is 5.41. The van der Waals surface area contributed by atoms with Gasteiger partial charge >= 0.3 is 5.97 Å². The minimum absolute atomic E-state index is 0.0589. The smallest absolute Gasteiger partial charge is 0.341 e. The summed E-state index contributed by atoms with van der Waals surface area (Å²) in [6.07, 6.45) is 0.602. The molecule has 1 atom stereocenters. The molecule has 1 aromatic carbocycles. The van der Waals surface area contributed by atoms with Gasteiger partial charge < -0.3 is 14.7 Å². The molecule has 0 aromatic heterocycles. The van der Waals surface area contributed by atoms with Gasteiger partial charge in [0.15, 0.2) is 18.2 Å². The number of hydrogen-bond acceptors (Lipinski definition) is 5. The average molecular weight is 360 g/mol. The van der Waals surface area contributed by atoms with Gasteiger partial charge in [0, 0.05) is 26.1 Å². The highest BCUT2D eigenvalue weighted by molar-refractivity contribution is 7.89. The molecule has 8 nitrogen and oxygen atoms in total. The predicted molar refractivity (Wildman–Crippen MR) is 80.5 cm³/mol. The van der Waals surface area contributed by atoms with E-state index in [1.165, 1.54) is 4.90 Å². The van der Waals surface area contributed by atoms with Crippen LogP contribution < -0.4 is 9.46 Å². The first-order valence-corrected chi connectivity index (χ1v) is 8.58. The van der Waals surface area contributed by atoms with E-state index < -0.39 is 34.5 Å². The largest absolute Gasteiger partial charge is 0.479 e. The molecule has 1 unspecified atom stereocenters. The number of benzene rings is 1. The molecule has 2 N–H and O–H groups in total. The third-order valence-corrected chi connectivity index (χ3v) is 5.03. The minimum atomic E-state index is -3.97. The van der Waals surface area contributed by atoms with Gasteiger partial charge in [-0.15, -0.1) is 0 Å². The molecular weight excluding hydrogens is 343 g/mol. The second-order valence-corrected chi connectivity index (χ2v) is 7.12. The van der Waals surface area contributed by atoms with Crippen molar-refractivity contribution in [3.63, 3.8) is 0 Å². The number of carbonyl (C=O) groups is 2. The van der Waals surface area contributed by atoms with E-state index in [1.54, 1.807) is 7.05 Å². The van der Waals surface area contributed by atoms with Gasteiger partial charge in [-0.05, 0) is 24.6 Å². The fraction of sp³-hybridized carbons (Fsp3) is 0.429. The van der Waals surface area contributed by atoms with Gasteiger partial charge in [0.05, 0.1) is 4.90 Å². The average Bonchev–Trinajstić information content (AvgIpc) is 2.49. The van der Waals surface area contributed by atoms with Crippen molar-refractivity contribution in [2.24, 2.45) is 0 Å². The van der Waals surface area contributed by atoms with Crippen molar-refractivity contribution in [1.82, 2.24) is 9.62 Å². The van der Waals surface area contributed by atoms with Crippen LogP contribution in [0.5, 0.6) is 5.75 Å². The first-order chi connectivity index (χ1) is 11.2. The first-order valence-electron chi connectivity index (χ1n) is 7.09. The number of likely N-dealkylation sites (N-methyl/N-ethyl adjacent to an activating group) is 1. The molecule has 1 heterocycles. The number of rotatable bonds is 6. The normalized spacial score (nSPS) is 18.5. The Hall–Kier alpha value is -2.20. The summed E-state index contributed by atoms with van der Waals surface area (Å²) < 4.78 is 45.6. The molecule has 10 heteroatoms. The number of amides is 1. The van der Waals surface area contributed by atoms with E-state index in [9.17, 15) is 22.4 Å². The minimum Gasteiger partial charge on any atom is -0.479 e. The number of hydrogen-bond donors (Lipinski definition) is 2. The molecule has 0 saturated carbocycles. The number of piperidine rings is 1. The van der Waals surface area contributed by atoms with Crippen LogP contribution in [0.1, 0.15) is 12.8 Å². The van der Waals surface area contributed by atoms with E-state index in [0.717, 1.165) is 18.2 Å². The molecule has 0 radical (unpaired) electrons. The first kappa shape index (κ1) is 18.1. The number of carboxylic acid groups (broad SMARTS) is 1. The summed E-state index contributed by atoms with van der Waals surface area (Å²) in [5.74, 6) is -2.66. The highest BCUT2D eigenvalue weighted by Crippen LogP contribution is 2.22. The second kappa shape index (κ2) is 7.14. The van der Waals surface area contributed by atoms with Gasteiger partial charge in [-0.3, -0.25) is 4.79 Å². The van der Waals surface area contributed by atoms with Crippen molar-refractivity contribution < 1.29 is 32.2 Å². The van der Waals surface area contributed by atoms with Crippen LogP contribution in [0.25, 0.3) is 0 Å².